The van der Waals surface area contributed by atoms with Gasteiger partial charge in [-0.3, -0.25) is 24.0 Å². The molecule has 0 radical (unpaired) electrons. The van der Waals surface area contributed by atoms with Gasteiger partial charge in [0.1, 0.15) is 23.9 Å². The van der Waals surface area contributed by atoms with Gasteiger partial charge in [0.15, 0.2) is 0 Å². The molecule has 5 atom stereocenters. The fraction of sp³-hybridized carbons (Fsp3) is 0.538. The Morgan fingerprint density at radius 2 is 1.48 bits per heavy atom. The predicted octanol–water partition coefficient (Wildman–Crippen LogP) is -1.15. The SMILES string of the molecule is Cc1ccc(OC(=O)CC[C@H](NC(=O)[C@@H](NC(=O)[C@@H](N)CC(C)C)[C@@H](C)O)C(=O)N[C@@H](CC(N)=O)C(=O)O)cc1. The molecule has 14 nitrogen and oxygen atoms in total. The van der Waals surface area contributed by atoms with Crippen LogP contribution in [0.5, 0.6) is 5.75 Å². The van der Waals surface area contributed by atoms with Crippen LogP contribution in [0.4, 0.5) is 0 Å². The number of hydrogen-bond acceptors (Lipinski definition) is 9. The van der Waals surface area contributed by atoms with E-state index in [1.807, 2.05) is 20.8 Å². The third-order valence-electron chi connectivity index (χ3n) is 5.67. The Labute approximate surface area is 232 Å². The lowest BCUT2D eigenvalue weighted by Gasteiger charge is -2.26. The van der Waals surface area contributed by atoms with E-state index in [9.17, 15) is 39.0 Å². The first-order valence-electron chi connectivity index (χ1n) is 12.7. The number of carbonyl (C=O) groups excluding carboxylic acids is 5. The van der Waals surface area contributed by atoms with Crippen molar-refractivity contribution < 1.29 is 43.7 Å². The molecule has 0 aromatic heterocycles. The van der Waals surface area contributed by atoms with Gasteiger partial charge in [-0.15, -0.1) is 0 Å². The summed E-state index contributed by atoms with van der Waals surface area (Å²) in [5.41, 5.74) is 11.9. The minimum absolute atomic E-state index is 0.0786. The zero-order chi connectivity index (χ0) is 30.6. The molecule has 0 heterocycles. The third kappa shape index (κ3) is 12.2. The number of primary amides is 1. The number of nitrogens with two attached hydrogens (primary N) is 2. The Morgan fingerprint density at radius 1 is 0.900 bits per heavy atom. The lowest BCUT2D eigenvalue weighted by Crippen LogP contribution is -2.60. The summed E-state index contributed by atoms with van der Waals surface area (Å²) in [6, 6.07) is 0.876. The molecule has 0 aliphatic heterocycles. The van der Waals surface area contributed by atoms with Gasteiger partial charge in [-0.05, 0) is 44.7 Å². The van der Waals surface area contributed by atoms with Crippen molar-refractivity contribution in [1.29, 1.82) is 0 Å². The van der Waals surface area contributed by atoms with E-state index in [1.165, 1.54) is 6.92 Å². The molecule has 1 aromatic carbocycles. The molecule has 0 unspecified atom stereocenters. The predicted molar refractivity (Wildman–Crippen MR) is 142 cm³/mol. The number of carboxylic acid groups (broad SMARTS) is 1. The van der Waals surface area contributed by atoms with Crippen LogP contribution in [0.1, 0.15) is 52.0 Å². The number of benzene rings is 1. The number of ether oxygens (including phenoxy) is 1. The normalized spacial score (nSPS) is 14.7. The second-order valence-corrected chi connectivity index (χ2v) is 9.92. The Kier molecular flexibility index (Phi) is 13.7. The summed E-state index contributed by atoms with van der Waals surface area (Å²) >= 11 is 0. The van der Waals surface area contributed by atoms with Crippen LogP contribution in [-0.4, -0.2) is 76.1 Å². The van der Waals surface area contributed by atoms with E-state index >= 15 is 0 Å². The van der Waals surface area contributed by atoms with Gasteiger partial charge in [-0.1, -0.05) is 31.5 Å². The van der Waals surface area contributed by atoms with Gasteiger partial charge in [0, 0.05) is 6.42 Å². The molecule has 0 aliphatic rings. The van der Waals surface area contributed by atoms with Gasteiger partial charge < -0.3 is 42.4 Å². The average Bonchev–Trinajstić information content (AvgIpc) is 2.84. The number of aliphatic carboxylic acids is 1. The smallest absolute Gasteiger partial charge is 0.326 e. The monoisotopic (exact) mass is 565 g/mol. The summed E-state index contributed by atoms with van der Waals surface area (Å²) in [6.45, 7) is 6.78. The van der Waals surface area contributed by atoms with E-state index in [2.05, 4.69) is 16.0 Å². The number of amides is 4. The van der Waals surface area contributed by atoms with Crippen LogP contribution in [0.3, 0.4) is 0 Å². The molecule has 0 fully saturated rings. The van der Waals surface area contributed by atoms with E-state index in [-0.39, 0.29) is 24.5 Å². The molecule has 0 saturated heterocycles. The molecule has 0 spiro atoms. The summed E-state index contributed by atoms with van der Waals surface area (Å²) < 4.78 is 5.22. The molecule has 14 heteroatoms. The van der Waals surface area contributed by atoms with Crippen molar-refractivity contribution in [3.05, 3.63) is 29.8 Å². The van der Waals surface area contributed by atoms with Crippen molar-refractivity contribution in [3.8, 4) is 5.75 Å². The number of aliphatic hydroxyl groups excluding tert-OH is 1. The maximum atomic E-state index is 13.0. The Hall–Kier alpha value is -4.04. The molecule has 1 rings (SSSR count). The number of rotatable bonds is 16. The standard InChI is InChI=1S/C26H39N5O9/c1-13(2)11-17(27)23(35)31-22(15(4)32)25(37)29-18(24(36)30-19(26(38)39)12-20(28)33)9-10-21(34)40-16-7-5-14(3)6-8-16/h5-8,13,15,17-19,22,32H,9-12,27H2,1-4H3,(H2,28,33)(H,29,37)(H,30,36)(H,31,35)(H,38,39)/t15-,17+,18+,19+,22+/m1/s1. The Balaban J connectivity index is 3.07. The maximum absolute atomic E-state index is 13.0. The molecule has 0 saturated carbocycles. The summed E-state index contributed by atoms with van der Waals surface area (Å²) in [5, 5.41) is 26.3. The van der Waals surface area contributed by atoms with E-state index in [0.29, 0.717) is 6.42 Å². The van der Waals surface area contributed by atoms with Gasteiger partial charge in [0.2, 0.25) is 23.6 Å². The Bertz CT molecular complexity index is 1060. The number of aliphatic hydroxyl groups is 1. The summed E-state index contributed by atoms with van der Waals surface area (Å²) in [4.78, 5) is 73.6. The van der Waals surface area contributed by atoms with Gasteiger partial charge in [-0.2, -0.15) is 0 Å². The number of carbonyl (C=O) groups is 6. The average molecular weight is 566 g/mol. The molecule has 1 aromatic rings. The molecule has 0 bridgehead atoms. The number of aryl methyl sites for hydroxylation is 1. The number of hydrogen-bond donors (Lipinski definition) is 7. The van der Waals surface area contributed by atoms with Crippen molar-refractivity contribution in [3.63, 3.8) is 0 Å². The number of carboxylic acids is 1. The fourth-order valence-electron chi connectivity index (χ4n) is 3.54. The lowest BCUT2D eigenvalue weighted by atomic mass is 10.0. The van der Waals surface area contributed by atoms with Gasteiger partial charge >= 0.3 is 11.9 Å². The minimum Gasteiger partial charge on any atom is -0.480 e. The quantitative estimate of drug-likeness (QED) is 0.0937. The molecular formula is C26H39N5O9. The highest BCUT2D eigenvalue weighted by Crippen LogP contribution is 2.13. The van der Waals surface area contributed by atoms with Crippen LogP contribution in [0.2, 0.25) is 0 Å². The van der Waals surface area contributed by atoms with Crippen LogP contribution in [-0.2, 0) is 28.8 Å². The first-order valence-corrected chi connectivity index (χ1v) is 12.7. The number of nitrogens with one attached hydrogen (secondary N) is 3. The summed E-state index contributed by atoms with van der Waals surface area (Å²) in [7, 11) is 0. The zero-order valence-corrected chi connectivity index (χ0v) is 23.0. The topological polar surface area (TPSA) is 240 Å². The largest absolute Gasteiger partial charge is 0.480 e. The van der Waals surface area contributed by atoms with Crippen molar-refractivity contribution in [2.75, 3.05) is 0 Å². The summed E-state index contributed by atoms with van der Waals surface area (Å²) in [5.74, 6) is -5.70. The van der Waals surface area contributed by atoms with Crippen LogP contribution in [0, 0.1) is 12.8 Å². The van der Waals surface area contributed by atoms with Crippen LogP contribution in [0.15, 0.2) is 24.3 Å². The number of esters is 1. The van der Waals surface area contributed by atoms with Crippen molar-refractivity contribution in [1.82, 2.24) is 16.0 Å². The molecule has 9 N–H and O–H groups in total. The van der Waals surface area contributed by atoms with Crippen molar-refractivity contribution in [2.45, 2.75) is 83.6 Å². The zero-order valence-electron chi connectivity index (χ0n) is 23.0. The van der Waals surface area contributed by atoms with Crippen molar-refractivity contribution in [2.24, 2.45) is 17.4 Å². The van der Waals surface area contributed by atoms with Gasteiger partial charge in [0.25, 0.3) is 0 Å². The third-order valence-corrected chi connectivity index (χ3v) is 5.67. The van der Waals surface area contributed by atoms with Crippen LogP contribution >= 0.6 is 0 Å². The fourth-order valence-corrected chi connectivity index (χ4v) is 3.54. The van der Waals surface area contributed by atoms with Crippen LogP contribution < -0.4 is 32.2 Å². The highest BCUT2D eigenvalue weighted by molar-refractivity contribution is 5.95. The highest BCUT2D eigenvalue weighted by Gasteiger charge is 2.33. The van der Waals surface area contributed by atoms with E-state index in [4.69, 9.17) is 16.2 Å². The first-order chi connectivity index (χ1) is 18.6. The van der Waals surface area contributed by atoms with E-state index < -0.39 is 72.3 Å². The second-order valence-electron chi connectivity index (χ2n) is 9.92. The maximum Gasteiger partial charge on any atom is 0.326 e. The van der Waals surface area contributed by atoms with Gasteiger partial charge in [-0.25, -0.2) is 4.79 Å². The molecular weight excluding hydrogens is 526 g/mol. The molecule has 222 valence electrons. The van der Waals surface area contributed by atoms with Crippen LogP contribution in [0.25, 0.3) is 0 Å². The lowest BCUT2D eigenvalue weighted by molar-refractivity contribution is -0.144. The van der Waals surface area contributed by atoms with Crippen molar-refractivity contribution >= 4 is 35.6 Å². The van der Waals surface area contributed by atoms with E-state index in [0.717, 1.165) is 5.56 Å². The summed E-state index contributed by atoms with van der Waals surface area (Å²) in [6.07, 6.45) is -2.56. The molecule has 40 heavy (non-hydrogen) atoms. The molecule has 4 amide bonds. The second kappa shape index (κ2) is 16.2. The molecule has 0 aliphatic carbocycles. The first kappa shape index (κ1) is 34.0. The minimum atomic E-state index is -1.70. The highest BCUT2D eigenvalue weighted by atomic mass is 16.5. The Morgan fingerprint density at radius 3 is 1.98 bits per heavy atom. The van der Waals surface area contributed by atoms with E-state index in [1.54, 1.807) is 24.3 Å². The van der Waals surface area contributed by atoms with Gasteiger partial charge in [0.05, 0.1) is 18.6 Å².